The van der Waals surface area contributed by atoms with E-state index < -0.39 is 0 Å². The van der Waals surface area contributed by atoms with Crippen LogP contribution in [0.25, 0.3) is 0 Å². The summed E-state index contributed by atoms with van der Waals surface area (Å²) in [6, 6.07) is 0. The fourth-order valence-electron chi connectivity index (χ4n) is 1.73. The first-order valence-electron chi connectivity index (χ1n) is 6.38. The quantitative estimate of drug-likeness (QED) is 0.327. The molecule has 0 fully saturated rings. The topological polar surface area (TPSA) is 0 Å². The molecule has 0 nitrogen and oxygen atoms in total. The summed E-state index contributed by atoms with van der Waals surface area (Å²) in [5, 5.41) is 0. The maximum atomic E-state index is 3.74. The summed E-state index contributed by atoms with van der Waals surface area (Å²) in [6.07, 6.45) is 14.6. The van der Waals surface area contributed by atoms with Crippen molar-refractivity contribution in [2.24, 2.45) is 5.92 Å². The van der Waals surface area contributed by atoms with Crippen LogP contribution in [0.4, 0.5) is 0 Å². The number of unbranched alkanes of at least 4 members (excludes halogenated alkanes) is 7. The molecule has 0 rings (SSSR count). The highest BCUT2D eigenvalue weighted by Crippen LogP contribution is 2.12. The molecule has 0 bridgehead atoms. The summed E-state index contributed by atoms with van der Waals surface area (Å²) in [7, 11) is 0. The van der Waals surface area contributed by atoms with Crippen LogP contribution in [0.5, 0.6) is 0 Å². The van der Waals surface area contributed by atoms with Crippen molar-refractivity contribution in [1.29, 1.82) is 0 Å². The Morgan fingerprint density at radius 1 is 0.857 bits per heavy atom. The summed E-state index contributed by atoms with van der Waals surface area (Å²) < 4.78 is 0. The molecule has 0 spiro atoms. The molecule has 14 heavy (non-hydrogen) atoms. The maximum absolute atomic E-state index is 3.74. The number of hydrogen-bond acceptors (Lipinski definition) is 0. The van der Waals surface area contributed by atoms with Gasteiger partial charge in [0.15, 0.2) is 0 Å². The van der Waals surface area contributed by atoms with Gasteiger partial charge in [-0.15, -0.1) is 6.58 Å². The van der Waals surface area contributed by atoms with E-state index in [0.717, 1.165) is 5.92 Å². The fourth-order valence-corrected chi connectivity index (χ4v) is 1.73. The molecule has 0 saturated heterocycles. The fraction of sp³-hybridized carbons (Fsp3) is 0.857. The molecule has 0 amide bonds. The Morgan fingerprint density at radius 3 is 1.86 bits per heavy atom. The Hall–Kier alpha value is -0.260. The van der Waals surface area contributed by atoms with Gasteiger partial charge in [-0.1, -0.05) is 64.9 Å². The number of rotatable bonds is 10. The van der Waals surface area contributed by atoms with Gasteiger partial charge in [-0.25, -0.2) is 0 Å². The molecule has 0 saturated carbocycles. The third-order valence-electron chi connectivity index (χ3n) is 2.69. The highest BCUT2D eigenvalue weighted by Gasteiger charge is 1.94. The Kier molecular flexibility index (Phi) is 10.6. The van der Waals surface area contributed by atoms with Gasteiger partial charge in [0, 0.05) is 0 Å². The van der Waals surface area contributed by atoms with Crippen LogP contribution in [0.3, 0.4) is 0 Å². The summed E-state index contributed by atoms with van der Waals surface area (Å²) >= 11 is 0. The van der Waals surface area contributed by atoms with Gasteiger partial charge >= 0.3 is 0 Å². The molecule has 0 radical (unpaired) electrons. The van der Waals surface area contributed by atoms with Gasteiger partial charge < -0.3 is 0 Å². The van der Waals surface area contributed by atoms with Crippen LogP contribution in [-0.4, -0.2) is 0 Å². The van der Waals surface area contributed by atoms with Gasteiger partial charge in [0.1, 0.15) is 0 Å². The minimum absolute atomic E-state index is 0.891. The average Bonchev–Trinajstić information content (AvgIpc) is 2.15. The van der Waals surface area contributed by atoms with Crippen molar-refractivity contribution in [2.75, 3.05) is 0 Å². The van der Waals surface area contributed by atoms with E-state index in [-0.39, 0.29) is 0 Å². The zero-order chi connectivity index (χ0) is 10.6. The minimum atomic E-state index is 0.891. The Labute approximate surface area is 90.8 Å². The van der Waals surface area contributed by atoms with Crippen molar-refractivity contribution in [2.45, 2.75) is 71.6 Å². The van der Waals surface area contributed by atoms with Crippen molar-refractivity contribution in [1.82, 2.24) is 0 Å². The Morgan fingerprint density at radius 2 is 1.36 bits per heavy atom. The zero-order valence-corrected chi connectivity index (χ0v) is 10.2. The normalized spacial score (nSPS) is 10.8. The number of hydrogen-bond donors (Lipinski definition) is 0. The smallest absolute Gasteiger partial charge is 0.0353 e. The zero-order valence-electron chi connectivity index (χ0n) is 10.2. The van der Waals surface area contributed by atoms with Crippen LogP contribution < -0.4 is 0 Å². The lowest BCUT2D eigenvalue weighted by molar-refractivity contribution is 0.509. The SMILES string of the molecule is C=CCCCCCCCCCC(C)C. The minimum Gasteiger partial charge on any atom is -0.103 e. The van der Waals surface area contributed by atoms with Gasteiger partial charge in [0.25, 0.3) is 0 Å². The summed E-state index contributed by atoms with van der Waals surface area (Å²) in [5.41, 5.74) is 0. The standard InChI is InChI=1S/C14H28/c1-4-5-6-7-8-9-10-11-12-13-14(2)3/h4,14H,1,5-13H2,2-3H3. The highest BCUT2D eigenvalue weighted by atomic mass is 14.0. The molecule has 0 aromatic carbocycles. The molecule has 0 unspecified atom stereocenters. The third-order valence-corrected chi connectivity index (χ3v) is 2.69. The van der Waals surface area contributed by atoms with E-state index in [9.17, 15) is 0 Å². The van der Waals surface area contributed by atoms with Gasteiger partial charge in [-0.2, -0.15) is 0 Å². The van der Waals surface area contributed by atoms with Gasteiger partial charge in [-0.05, 0) is 18.8 Å². The van der Waals surface area contributed by atoms with Crippen LogP contribution in [0, 0.1) is 5.92 Å². The second kappa shape index (κ2) is 10.8. The first-order chi connectivity index (χ1) is 6.77. The van der Waals surface area contributed by atoms with Crippen LogP contribution in [0.15, 0.2) is 12.7 Å². The second-order valence-corrected chi connectivity index (χ2v) is 4.73. The van der Waals surface area contributed by atoms with E-state index >= 15 is 0 Å². The van der Waals surface area contributed by atoms with E-state index in [2.05, 4.69) is 20.4 Å². The molecule has 0 heterocycles. The van der Waals surface area contributed by atoms with Gasteiger partial charge in [-0.3, -0.25) is 0 Å². The van der Waals surface area contributed by atoms with Crippen molar-refractivity contribution >= 4 is 0 Å². The first-order valence-corrected chi connectivity index (χ1v) is 6.38. The van der Waals surface area contributed by atoms with Crippen molar-refractivity contribution in [3.8, 4) is 0 Å². The molecule has 0 aliphatic heterocycles. The summed E-state index contributed by atoms with van der Waals surface area (Å²) in [5.74, 6) is 0.891. The van der Waals surface area contributed by atoms with Crippen LogP contribution in [-0.2, 0) is 0 Å². The van der Waals surface area contributed by atoms with Crippen molar-refractivity contribution in [3.05, 3.63) is 12.7 Å². The Balaban J connectivity index is 2.88. The molecule has 0 aliphatic rings. The lowest BCUT2D eigenvalue weighted by atomic mass is 10.0. The number of allylic oxidation sites excluding steroid dienone is 1. The summed E-state index contributed by atoms with van der Waals surface area (Å²) in [6.45, 7) is 8.36. The maximum Gasteiger partial charge on any atom is -0.0353 e. The van der Waals surface area contributed by atoms with Gasteiger partial charge in [0.2, 0.25) is 0 Å². The lowest BCUT2D eigenvalue weighted by Crippen LogP contribution is -1.87. The van der Waals surface area contributed by atoms with E-state index in [0.29, 0.717) is 0 Å². The first kappa shape index (κ1) is 13.7. The van der Waals surface area contributed by atoms with Gasteiger partial charge in [0.05, 0.1) is 0 Å². The predicted octanol–water partition coefficient (Wildman–Crippen LogP) is 5.34. The molecule has 84 valence electrons. The predicted molar refractivity (Wildman–Crippen MR) is 66.6 cm³/mol. The van der Waals surface area contributed by atoms with E-state index in [1.807, 2.05) is 6.08 Å². The summed E-state index contributed by atoms with van der Waals surface area (Å²) in [4.78, 5) is 0. The highest BCUT2D eigenvalue weighted by molar-refractivity contribution is 4.65. The second-order valence-electron chi connectivity index (χ2n) is 4.73. The molecule has 0 atom stereocenters. The third kappa shape index (κ3) is 11.7. The van der Waals surface area contributed by atoms with Crippen molar-refractivity contribution in [3.63, 3.8) is 0 Å². The van der Waals surface area contributed by atoms with Crippen LogP contribution in [0.2, 0.25) is 0 Å². The Bertz CT molecular complexity index is 113. The van der Waals surface area contributed by atoms with Crippen molar-refractivity contribution < 1.29 is 0 Å². The molecule has 0 aromatic heterocycles. The van der Waals surface area contributed by atoms with E-state index in [4.69, 9.17) is 0 Å². The lowest BCUT2D eigenvalue weighted by Gasteiger charge is -2.04. The largest absolute Gasteiger partial charge is 0.103 e. The molecule has 0 heteroatoms. The molecule has 0 N–H and O–H groups in total. The molecular weight excluding hydrogens is 168 g/mol. The van der Waals surface area contributed by atoms with Crippen LogP contribution >= 0.6 is 0 Å². The molecule has 0 aliphatic carbocycles. The van der Waals surface area contributed by atoms with E-state index in [1.165, 1.54) is 57.8 Å². The van der Waals surface area contributed by atoms with Crippen LogP contribution in [0.1, 0.15) is 71.6 Å². The average molecular weight is 196 g/mol. The molecular formula is C14H28. The molecule has 0 aromatic rings. The monoisotopic (exact) mass is 196 g/mol. The van der Waals surface area contributed by atoms with E-state index in [1.54, 1.807) is 0 Å².